The van der Waals surface area contributed by atoms with Crippen molar-refractivity contribution in [3.8, 4) is 0 Å². The van der Waals surface area contributed by atoms with Crippen molar-refractivity contribution in [3.63, 3.8) is 0 Å². The van der Waals surface area contributed by atoms with Crippen molar-refractivity contribution in [1.29, 1.82) is 0 Å². The number of nitrogens with one attached hydrogen (secondary N) is 1. The molecule has 2 aromatic rings. The Kier molecular flexibility index (Phi) is 5.22. The first-order valence-electron chi connectivity index (χ1n) is 13.1. The summed E-state index contributed by atoms with van der Waals surface area (Å²) in [5.74, 6) is 3.99. The molecular weight excluding hydrogens is 412 g/mol. The molecule has 0 aromatic carbocycles. The number of imidazole rings is 1. The van der Waals surface area contributed by atoms with Gasteiger partial charge in [-0.25, -0.2) is 4.98 Å². The number of nitrogens with zero attached hydrogens (tertiary/aromatic N) is 3. The minimum Gasteiger partial charge on any atom is -0.337 e. The number of anilines is 1. The van der Waals surface area contributed by atoms with Crippen LogP contribution in [0.4, 0.5) is 5.82 Å². The zero-order chi connectivity index (χ0) is 22.6. The highest BCUT2D eigenvalue weighted by Gasteiger charge is 2.51. The lowest BCUT2D eigenvalue weighted by atomic mass is 9.49. The summed E-state index contributed by atoms with van der Waals surface area (Å²) in [5, 5.41) is 3.17. The smallest absolute Gasteiger partial charge is 0.274 e. The molecule has 33 heavy (non-hydrogen) atoms. The average molecular weight is 449 g/mol. The molecule has 0 spiro atoms. The average Bonchev–Trinajstić information content (AvgIpc) is 3.46. The van der Waals surface area contributed by atoms with E-state index in [2.05, 4.69) is 17.2 Å². The number of hydrogen-bond donors (Lipinski definition) is 1. The van der Waals surface area contributed by atoms with Crippen LogP contribution in [0.3, 0.4) is 0 Å². The van der Waals surface area contributed by atoms with Crippen molar-refractivity contribution in [2.24, 2.45) is 29.1 Å². The minimum absolute atomic E-state index is 0.00158. The van der Waals surface area contributed by atoms with Crippen LogP contribution in [0.25, 0.3) is 5.65 Å². The number of rotatable bonds is 8. The molecule has 2 aromatic heterocycles. The molecule has 0 aliphatic heterocycles. The standard InChI is InChI=1S/C27H36N4O2/c1-2-8-30(16-18-6-7-18)26(33)22-17-31-23(28-22)4-3-5-24(31)29-25(32)15-27-12-19-9-20(13-27)11-21(10-19)14-27/h3-5,17-21H,2,6-16H2,1H3,(H,29,32). The molecule has 2 heterocycles. The van der Waals surface area contributed by atoms with Crippen molar-refractivity contribution in [1.82, 2.24) is 14.3 Å². The second-order valence-corrected chi connectivity index (χ2v) is 11.6. The Bertz CT molecular complexity index is 1030. The van der Waals surface area contributed by atoms with E-state index in [1.807, 2.05) is 27.5 Å². The molecule has 5 aliphatic carbocycles. The van der Waals surface area contributed by atoms with Crippen LogP contribution < -0.4 is 5.32 Å². The van der Waals surface area contributed by atoms with Gasteiger partial charge >= 0.3 is 0 Å². The van der Waals surface area contributed by atoms with E-state index in [1.165, 1.54) is 51.4 Å². The van der Waals surface area contributed by atoms with Gasteiger partial charge in [0.2, 0.25) is 5.91 Å². The monoisotopic (exact) mass is 448 g/mol. The van der Waals surface area contributed by atoms with Crippen molar-refractivity contribution in [3.05, 3.63) is 30.1 Å². The molecule has 0 unspecified atom stereocenters. The van der Waals surface area contributed by atoms with Crippen molar-refractivity contribution < 1.29 is 9.59 Å². The van der Waals surface area contributed by atoms with Gasteiger partial charge in [-0.1, -0.05) is 13.0 Å². The van der Waals surface area contributed by atoms with Gasteiger partial charge in [-0.05, 0) is 99.0 Å². The zero-order valence-corrected chi connectivity index (χ0v) is 19.8. The van der Waals surface area contributed by atoms with Gasteiger partial charge in [0.15, 0.2) is 0 Å². The fourth-order valence-electron chi connectivity index (χ4n) is 7.57. The minimum atomic E-state index is -0.00158. The van der Waals surface area contributed by atoms with E-state index in [-0.39, 0.29) is 17.2 Å². The van der Waals surface area contributed by atoms with Crippen LogP contribution in [-0.4, -0.2) is 39.2 Å². The summed E-state index contributed by atoms with van der Waals surface area (Å²) >= 11 is 0. The molecule has 0 saturated heterocycles. The largest absolute Gasteiger partial charge is 0.337 e. The quantitative estimate of drug-likeness (QED) is 0.608. The van der Waals surface area contributed by atoms with Crippen LogP contribution >= 0.6 is 0 Å². The Balaban J connectivity index is 1.18. The Hall–Kier alpha value is -2.37. The predicted molar refractivity (Wildman–Crippen MR) is 128 cm³/mol. The van der Waals surface area contributed by atoms with Crippen LogP contribution in [0, 0.1) is 29.1 Å². The molecule has 1 N–H and O–H groups in total. The summed E-state index contributed by atoms with van der Waals surface area (Å²) in [4.78, 5) is 32.9. The first-order chi connectivity index (χ1) is 16.0. The number of carbonyl (C=O) groups is 2. The molecular formula is C27H36N4O2. The highest BCUT2D eigenvalue weighted by atomic mass is 16.2. The van der Waals surface area contributed by atoms with Crippen LogP contribution in [0.2, 0.25) is 0 Å². The third-order valence-corrected chi connectivity index (χ3v) is 8.64. The first-order valence-corrected chi connectivity index (χ1v) is 13.1. The normalized spacial score (nSPS) is 30.0. The van der Waals surface area contributed by atoms with E-state index >= 15 is 0 Å². The Morgan fingerprint density at radius 2 is 1.82 bits per heavy atom. The van der Waals surface area contributed by atoms with Gasteiger partial charge < -0.3 is 10.2 Å². The molecule has 6 heteroatoms. The SMILES string of the molecule is CCCN(CC1CC1)C(=O)c1cn2c(NC(=O)CC34CC5CC(CC(C5)C3)C4)cccc2n1. The van der Waals surface area contributed by atoms with E-state index < -0.39 is 0 Å². The first kappa shape index (κ1) is 21.2. The van der Waals surface area contributed by atoms with E-state index in [0.29, 0.717) is 29.5 Å². The molecule has 0 radical (unpaired) electrons. The lowest BCUT2D eigenvalue weighted by Crippen LogP contribution is -2.47. The summed E-state index contributed by atoms with van der Waals surface area (Å²) in [6.45, 7) is 3.70. The van der Waals surface area contributed by atoms with E-state index in [1.54, 1.807) is 6.20 Å². The third-order valence-electron chi connectivity index (χ3n) is 8.64. The maximum Gasteiger partial charge on any atom is 0.274 e. The summed E-state index contributed by atoms with van der Waals surface area (Å²) < 4.78 is 1.87. The van der Waals surface area contributed by atoms with Crippen molar-refractivity contribution in [2.45, 2.75) is 71.1 Å². The topological polar surface area (TPSA) is 66.7 Å². The fraction of sp³-hybridized carbons (Fsp3) is 0.667. The van der Waals surface area contributed by atoms with Gasteiger partial charge in [-0.3, -0.25) is 14.0 Å². The van der Waals surface area contributed by atoms with Gasteiger partial charge in [0, 0.05) is 25.7 Å². The summed E-state index contributed by atoms with van der Waals surface area (Å²) in [7, 11) is 0. The Morgan fingerprint density at radius 3 is 2.45 bits per heavy atom. The number of aromatic nitrogens is 2. The second-order valence-electron chi connectivity index (χ2n) is 11.6. The summed E-state index contributed by atoms with van der Waals surface area (Å²) in [5.41, 5.74) is 1.38. The highest BCUT2D eigenvalue weighted by Crippen LogP contribution is 2.61. The molecule has 6 nitrogen and oxygen atoms in total. The van der Waals surface area contributed by atoms with Crippen molar-refractivity contribution in [2.75, 3.05) is 18.4 Å². The van der Waals surface area contributed by atoms with Crippen LogP contribution in [0.1, 0.15) is 81.6 Å². The molecule has 5 fully saturated rings. The molecule has 5 saturated carbocycles. The molecule has 4 bridgehead atoms. The number of amides is 2. The number of fused-ring (bicyclic) bond motifs is 1. The zero-order valence-electron chi connectivity index (χ0n) is 19.8. The van der Waals surface area contributed by atoms with Crippen LogP contribution in [0.15, 0.2) is 24.4 Å². The van der Waals surface area contributed by atoms with Crippen LogP contribution in [0.5, 0.6) is 0 Å². The number of pyridine rings is 1. The Morgan fingerprint density at radius 1 is 1.12 bits per heavy atom. The number of carbonyl (C=O) groups excluding carboxylic acids is 2. The van der Waals surface area contributed by atoms with Gasteiger partial charge in [0.25, 0.3) is 5.91 Å². The summed E-state index contributed by atoms with van der Waals surface area (Å²) in [6, 6.07) is 5.72. The Labute approximate surface area is 196 Å². The van der Waals surface area contributed by atoms with E-state index in [4.69, 9.17) is 0 Å². The summed E-state index contributed by atoms with van der Waals surface area (Å²) in [6.07, 6.45) is 13.7. The second kappa shape index (κ2) is 8.14. The predicted octanol–water partition coefficient (Wildman–Crippen LogP) is 5.14. The molecule has 2 amide bonds. The lowest BCUT2D eigenvalue weighted by Gasteiger charge is -2.56. The number of hydrogen-bond acceptors (Lipinski definition) is 3. The van der Waals surface area contributed by atoms with Crippen LogP contribution in [-0.2, 0) is 4.79 Å². The third kappa shape index (κ3) is 4.17. The molecule has 176 valence electrons. The molecule has 7 rings (SSSR count). The van der Waals surface area contributed by atoms with E-state index in [9.17, 15) is 9.59 Å². The fourth-order valence-corrected chi connectivity index (χ4v) is 7.57. The molecule has 0 atom stereocenters. The molecule has 5 aliphatic rings. The van der Waals surface area contributed by atoms with Gasteiger partial charge in [0.05, 0.1) is 0 Å². The van der Waals surface area contributed by atoms with Gasteiger partial charge in [-0.15, -0.1) is 0 Å². The lowest BCUT2D eigenvalue weighted by molar-refractivity contribution is -0.124. The van der Waals surface area contributed by atoms with E-state index in [0.717, 1.165) is 37.3 Å². The highest BCUT2D eigenvalue weighted by molar-refractivity contribution is 5.94. The maximum atomic E-state index is 13.2. The van der Waals surface area contributed by atoms with Crippen molar-refractivity contribution >= 4 is 23.3 Å². The van der Waals surface area contributed by atoms with Gasteiger partial charge in [-0.2, -0.15) is 0 Å². The van der Waals surface area contributed by atoms with Gasteiger partial charge in [0.1, 0.15) is 17.2 Å². The maximum absolute atomic E-state index is 13.2.